The molecule has 1 saturated heterocycles. The fourth-order valence-corrected chi connectivity index (χ4v) is 2.36. The Kier molecular flexibility index (Phi) is 3.37. The van der Waals surface area contributed by atoms with E-state index in [1.165, 1.54) is 17.5 Å². The lowest BCUT2D eigenvalue weighted by molar-refractivity contribution is 0.363. The van der Waals surface area contributed by atoms with E-state index in [0.29, 0.717) is 12.2 Å². The van der Waals surface area contributed by atoms with Gasteiger partial charge in [-0.1, -0.05) is 30.3 Å². The van der Waals surface area contributed by atoms with Gasteiger partial charge in [0.05, 0.1) is 6.10 Å². The molecule has 92 valence electrons. The highest BCUT2D eigenvalue weighted by Crippen LogP contribution is 2.41. The van der Waals surface area contributed by atoms with E-state index >= 15 is 0 Å². The molecule has 1 fully saturated rings. The van der Waals surface area contributed by atoms with Crippen molar-refractivity contribution in [1.29, 1.82) is 0 Å². The van der Waals surface area contributed by atoms with Crippen molar-refractivity contribution in [2.24, 2.45) is 0 Å². The van der Waals surface area contributed by atoms with Gasteiger partial charge in [-0.2, -0.15) is 0 Å². The van der Waals surface area contributed by atoms with Crippen LogP contribution in [0.15, 0.2) is 54.9 Å². The fraction of sp³-hybridized carbons (Fsp3) is 0.312. The van der Waals surface area contributed by atoms with Crippen molar-refractivity contribution in [3.8, 4) is 0 Å². The van der Waals surface area contributed by atoms with Gasteiger partial charge < -0.3 is 4.74 Å². The van der Waals surface area contributed by atoms with Gasteiger partial charge in [0.25, 0.3) is 0 Å². The van der Waals surface area contributed by atoms with Crippen molar-refractivity contribution in [2.45, 2.75) is 31.5 Å². The molecular weight excluding hydrogens is 222 g/mol. The maximum atomic E-state index is 5.73. The number of hydrogen-bond donors (Lipinski definition) is 0. The summed E-state index contributed by atoms with van der Waals surface area (Å²) in [4.78, 5) is 4.03. The topological polar surface area (TPSA) is 25.4 Å². The molecule has 3 rings (SSSR count). The van der Waals surface area contributed by atoms with Crippen LogP contribution in [0.5, 0.6) is 0 Å². The Balaban J connectivity index is 1.44. The third-order valence-corrected chi connectivity index (χ3v) is 3.41. The van der Waals surface area contributed by atoms with Crippen LogP contribution in [0.4, 0.5) is 0 Å². The minimum atomic E-state index is 0.337. The summed E-state index contributed by atoms with van der Waals surface area (Å²) in [5.74, 6) is 0. The van der Waals surface area contributed by atoms with Gasteiger partial charge in [-0.25, -0.2) is 0 Å². The minimum Gasteiger partial charge on any atom is -0.365 e. The van der Waals surface area contributed by atoms with Crippen LogP contribution in [0, 0.1) is 0 Å². The summed E-state index contributed by atoms with van der Waals surface area (Å²) in [6.45, 7) is 0. The zero-order chi connectivity index (χ0) is 12.2. The second kappa shape index (κ2) is 5.32. The third-order valence-electron chi connectivity index (χ3n) is 3.41. The van der Waals surface area contributed by atoms with E-state index in [-0.39, 0.29) is 0 Å². The molecule has 18 heavy (non-hydrogen) atoms. The molecule has 2 heterocycles. The van der Waals surface area contributed by atoms with Crippen LogP contribution in [-0.4, -0.2) is 11.1 Å². The second-order valence-corrected chi connectivity index (χ2v) is 4.75. The Labute approximate surface area is 108 Å². The number of aromatic nitrogens is 1. The molecule has 0 spiro atoms. The quantitative estimate of drug-likeness (QED) is 0.746. The lowest BCUT2D eigenvalue weighted by Gasteiger charge is -1.99. The molecule has 0 radical (unpaired) electrons. The van der Waals surface area contributed by atoms with Crippen molar-refractivity contribution in [2.75, 3.05) is 0 Å². The summed E-state index contributed by atoms with van der Waals surface area (Å²) in [5.41, 5.74) is 2.67. The Morgan fingerprint density at radius 2 is 1.78 bits per heavy atom. The third kappa shape index (κ3) is 2.77. The Morgan fingerprint density at radius 3 is 2.56 bits per heavy atom. The van der Waals surface area contributed by atoms with Gasteiger partial charge in [0.2, 0.25) is 0 Å². The zero-order valence-corrected chi connectivity index (χ0v) is 10.3. The smallest absolute Gasteiger partial charge is 0.109 e. The van der Waals surface area contributed by atoms with E-state index in [4.69, 9.17) is 4.74 Å². The summed E-state index contributed by atoms with van der Waals surface area (Å²) >= 11 is 0. The van der Waals surface area contributed by atoms with Gasteiger partial charge in [-0.3, -0.25) is 4.98 Å². The van der Waals surface area contributed by atoms with E-state index in [2.05, 4.69) is 41.4 Å². The molecule has 2 atom stereocenters. The van der Waals surface area contributed by atoms with Crippen LogP contribution in [0.1, 0.15) is 30.1 Å². The summed E-state index contributed by atoms with van der Waals surface area (Å²) in [5, 5.41) is 0. The van der Waals surface area contributed by atoms with Crippen LogP contribution in [-0.2, 0) is 11.2 Å². The first-order chi connectivity index (χ1) is 8.93. The van der Waals surface area contributed by atoms with Crippen molar-refractivity contribution < 1.29 is 4.74 Å². The monoisotopic (exact) mass is 239 g/mol. The predicted molar refractivity (Wildman–Crippen MR) is 71.2 cm³/mol. The molecule has 2 nitrogen and oxygen atoms in total. The molecule has 1 aromatic heterocycles. The van der Waals surface area contributed by atoms with E-state index in [0.717, 1.165) is 12.8 Å². The number of hydrogen-bond acceptors (Lipinski definition) is 2. The Morgan fingerprint density at radius 1 is 1.00 bits per heavy atom. The number of epoxide rings is 1. The average molecular weight is 239 g/mol. The molecule has 1 aliphatic rings. The minimum absolute atomic E-state index is 0.337. The van der Waals surface area contributed by atoms with Crippen LogP contribution < -0.4 is 0 Å². The molecule has 2 unspecified atom stereocenters. The van der Waals surface area contributed by atoms with Crippen LogP contribution in [0.2, 0.25) is 0 Å². The maximum absolute atomic E-state index is 5.73. The number of pyridine rings is 1. The Hall–Kier alpha value is -1.67. The molecule has 1 aliphatic heterocycles. The van der Waals surface area contributed by atoms with Gasteiger partial charge in [-0.15, -0.1) is 0 Å². The number of nitrogens with zero attached hydrogens (tertiary/aromatic N) is 1. The van der Waals surface area contributed by atoms with Gasteiger partial charge in [0.15, 0.2) is 0 Å². The normalized spacial score (nSPS) is 21.8. The number of rotatable bonds is 5. The van der Waals surface area contributed by atoms with Crippen molar-refractivity contribution in [3.05, 3.63) is 66.0 Å². The summed E-state index contributed by atoms with van der Waals surface area (Å²) < 4.78 is 5.73. The largest absolute Gasteiger partial charge is 0.365 e. The van der Waals surface area contributed by atoms with E-state index < -0.39 is 0 Å². The molecule has 0 N–H and O–H groups in total. The highest BCUT2D eigenvalue weighted by Gasteiger charge is 2.38. The Bertz CT molecular complexity index is 483. The average Bonchev–Trinajstić information content (AvgIpc) is 3.21. The number of ether oxygens (including phenoxy) is 1. The lowest BCUT2D eigenvalue weighted by Crippen LogP contribution is -1.92. The maximum Gasteiger partial charge on any atom is 0.109 e. The van der Waals surface area contributed by atoms with Crippen LogP contribution in [0.3, 0.4) is 0 Å². The SMILES string of the molecule is c1ccc(C2OC2CCCc2ccncc2)cc1. The van der Waals surface area contributed by atoms with Crippen molar-refractivity contribution in [1.82, 2.24) is 4.98 Å². The van der Waals surface area contributed by atoms with Gasteiger partial charge >= 0.3 is 0 Å². The molecule has 2 aromatic rings. The molecule has 0 aliphatic carbocycles. The molecule has 2 heteroatoms. The number of benzene rings is 1. The van der Waals surface area contributed by atoms with Crippen molar-refractivity contribution >= 4 is 0 Å². The standard InChI is InChI=1S/C16H17NO/c1-2-6-14(7-3-1)16-15(18-16)8-4-5-13-9-11-17-12-10-13/h1-3,6-7,9-12,15-16H,4-5,8H2. The van der Waals surface area contributed by atoms with Gasteiger partial charge in [0.1, 0.15) is 6.10 Å². The molecule has 0 bridgehead atoms. The van der Waals surface area contributed by atoms with Crippen LogP contribution >= 0.6 is 0 Å². The first kappa shape index (κ1) is 11.4. The lowest BCUT2D eigenvalue weighted by atomic mass is 10.0. The highest BCUT2D eigenvalue weighted by atomic mass is 16.6. The highest BCUT2D eigenvalue weighted by molar-refractivity contribution is 5.22. The van der Waals surface area contributed by atoms with E-state index in [9.17, 15) is 0 Å². The molecule has 1 aromatic carbocycles. The number of aryl methyl sites for hydroxylation is 1. The van der Waals surface area contributed by atoms with Gasteiger partial charge in [-0.05, 0) is 42.5 Å². The first-order valence-corrected chi connectivity index (χ1v) is 6.53. The second-order valence-electron chi connectivity index (χ2n) is 4.75. The summed E-state index contributed by atoms with van der Waals surface area (Å²) in [6.07, 6.45) is 7.91. The fourth-order valence-electron chi connectivity index (χ4n) is 2.36. The molecule has 0 amide bonds. The summed E-state index contributed by atoms with van der Waals surface area (Å²) in [6, 6.07) is 14.7. The van der Waals surface area contributed by atoms with Crippen LogP contribution in [0.25, 0.3) is 0 Å². The van der Waals surface area contributed by atoms with E-state index in [1.807, 2.05) is 18.5 Å². The molecule has 0 saturated carbocycles. The van der Waals surface area contributed by atoms with E-state index in [1.54, 1.807) is 0 Å². The first-order valence-electron chi connectivity index (χ1n) is 6.53. The summed E-state index contributed by atoms with van der Waals surface area (Å²) in [7, 11) is 0. The van der Waals surface area contributed by atoms with Gasteiger partial charge in [0, 0.05) is 12.4 Å². The molecular formula is C16H17NO. The predicted octanol–water partition coefficient (Wildman–Crippen LogP) is 3.54. The van der Waals surface area contributed by atoms with Crippen molar-refractivity contribution in [3.63, 3.8) is 0 Å². The zero-order valence-electron chi connectivity index (χ0n) is 10.3.